The summed E-state index contributed by atoms with van der Waals surface area (Å²) < 4.78 is 5.44. The van der Waals surface area contributed by atoms with Gasteiger partial charge in [-0.15, -0.1) is 0 Å². The summed E-state index contributed by atoms with van der Waals surface area (Å²) in [7, 11) is 0. The van der Waals surface area contributed by atoms with Gasteiger partial charge in [0.15, 0.2) is 0 Å². The van der Waals surface area contributed by atoms with Crippen molar-refractivity contribution in [2.45, 2.75) is 32.8 Å². The first-order chi connectivity index (χ1) is 10.0. The number of aliphatic hydroxyl groups excluding tert-OH is 1. The molecule has 0 saturated carbocycles. The lowest BCUT2D eigenvalue weighted by molar-refractivity contribution is -0.116. The van der Waals surface area contributed by atoms with Crippen LogP contribution in [0.15, 0.2) is 24.3 Å². The highest BCUT2D eigenvalue weighted by atomic mass is 16.5. The smallest absolute Gasteiger partial charge is 0.244 e. The van der Waals surface area contributed by atoms with E-state index in [1.54, 1.807) is 6.08 Å². The first kappa shape index (κ1) is 15.6. The van der Waals surface area contributed by atoms with Crippen molar-refractivity contribution in [3.8, 4) is 5.75 Å². The van der Waals surface area contributed by atoms with Crippen LogP contribution in [0.2, 0.25) is 0 Å². The van der Waals surface area contributed by atoms with Crippen LogP contribution in [0.1, 0.15) is 31.4 Å². The molecule has 1 unspecified atom stereocenters. The average Bonchev–Trinajstić information content (AvgIpc) is 2.89. The molecule has 1 atom stereocenters. The van der Waals surface area contributed by atoms with Crippen LogP contribution >= 0.6 is 0 Å². The second kappa shape index (κ2) is 7.27. The van der Waals surface area contributed by atoms with Gasteiger partial charge in [0, 0.05) is 19.0 Å². The summed E-state index contributed by atoms with van der Waals surface area (Å²) in [4.78, 5) is 11.7. The molecule has 1 aromatic carbocycles. The maximum absolute atomic E-state index is 11.7. The topological polar surface area (TPSA) is 58.6 Å². The molecule has 0 bridgehead atoms. The molecule has 2 N–H and O–H groups in total. The highest BCUT2D eigenvalue weighted by Crippen LogP contribution is 2.26. The highest BCUT2D eigenvalue weighted by molar-refractivity contribution is 5.91. The minimum atomic E-state index is -0.487. The second-order valence-electron chi connectivity index (χ2n) is 5.83. The number of aliphatic hydroxyl groups is 1. The first-order valence-electron chi connectivity index (χ1n) is 7.44. The molecule has 1 aromatic rings. The molecule has 2 rings (SSSR count). The SMILES string of the molecule is CC(C)CC(O)CNC(=O)/C=C/c1ccc2c(c1)CCO2. The van der Waals surface area contributed by atoms with Gasteiger partial charge in [-0.1, -0.05) is 19.9 Å². The number of ether oxygens (including phenoxy) is 1. The van der Waals surface area contributed by atoms with Gasteiger partial charge in [-0.2, -0.15) is 0 Å². The summed E-state index contributed by atoms with van der Waals surface area (Å²) in [5.41, 5.74) is 2.17. The molecule has 4 heteroatoms. The van der Waals surface area contributed by atoms with Crippen LogP contribution in [-0.2, 0) is 11.2 Å². The quantitative estimate of drug-likeness (QED) is 0.789. The van der Waals surface area contributed by atoms with Gasteiger partial charge in [0.05, 0.1) is 12.7 Å². The lowest BCUT2D eigenvalue weighted by Gasteiger charge is -2.12. The van der Waals surface area contributed by atoms with Crippen LogP contribution in [0.4, 0.5) is 0 Å². The zero-order chi connectivity index (χ0) is 15.2. The number of carbonyl (C=O) groups is 1. The molecule has 114 valence electrons. The van der Waals surface area contributed by atoms with Gasteiger partial charge in [0.25, 0.3) is 0 Å². The maximum Gasteiger partial charge on any atom is 0.244 e. The van der Waals surface area contributed by atoms with E-state index in [0.717, 1.165) is 24.3 Å². The van der Waals surface area contributed by atoms with Crippen LogP contribution in [0.5, 0.6) is 5.75 Å². The van der Waals surface area contributed by atoms with Gasteiger partial charge in [-0.05, 0) is 41.7 Å². The Hall–Kier alpha value is -1.81. The second-order valence-corrected chi connectivity index (χ2v) is 5.83. The van der Waals surface area contributed by atoms with Crippen molar-refractivity contribution >= 4 is 12.0 Å². The number of nitrogens with one attached hydrogen (secondary N) is 1. The standard InChI is InChI=1S/C17H23NO3/c1-12(2)9-15(19)11-18-17(20)6-4-13-3-5-16-14(10-13)7-8-21-16/h3-6,10,12,15,19H,7-9,11H2,1-2H3,(H,18,20)/b6-4+. The summed E-state index contributed by atoms with van der Waals surface area (Å²) in [6.45, 7) is 5.11. The van der Waals surface area contributed by atoms with Crippen LogP contribution in [0.25, 0.3) is 6.08 Å². The summed E-state index contributed by atoms with van der Waals surface area (Å²) in [6.07, 6.45) is 4.40. The molecule has 4 nitrogen and oxygen atoms in total. The highest BCUT2D eigenvalue weighted by Gasteiger charge is 2.11. The third kappa shape index (κ3) is 4.90. The van der Waals surface area contributed by atoms with Crippen molar-refractivity contribution in [1.29, 1.82) is 0 Å². The summed E-state index contributed by atoms with van der Waals surface area (Å²) in [6, 6.07) is 5.91. The van der Waals surface area contributed by atoms with Crippen molar-refractivity contribution in [1.82, 2.24) is 5.32 Å². The molecule has 0 spiro atoms. The molecule has 1 aliphatic rings. The van der Waals surface area contributed by atoms with E-state index in [1.165, 1.54) is 11.6 Å². The van der Waals surface area contributed by atoms with Crippen molar-refractivity contribution in [2.75, 3.05) is 13.2 Å². The maximum atomic E-state index is 11.7. The fourth-order valence-corrected chi connectivity index (χ4v) is 2.39. The molecule has 0 radical (unpaired) electrons. The number of rotatable bonds is 6. The number of benzene rings is 1. The Labute approximate surface area is 125 Å². The van der Waals surface area contributed by atoms with Gasteiger partial charge >= 0.3 is 0 Å². The summed E-state index contributed by atoms with van der Waals surface area (Å²) in [5, 5.41) is 12.4. The largest absolute Gasteiger partial charge is 0.493 e. The molecule has 0 saturated heterocycles. The normalized spacial score (nSPS) is 15.0. The average molecular weight is 289 g/mol. The number of hydrogen-bond acceptors (Lipinski definition) is 3. The zero-order valence-corrected chi connectivity index (χ0v) is 12.6. The van der Waals surface area contributed by atoms with Gasteiger partial charge in [0.1, 0.15) is 5.75 Å². The van der Waals surface area contributed by atoms with Gasteiger partial charge in [-0.3, -0.25) is 4.79 Å². The first-order valence-corrected chi connectivity index (χ1v) is 7.44. The van der Waals surface area contributed by atoms with Crippen molar-refractivity contribution < 1.29 is 14.6 Å². The predicted molar refractivity (Wildman–Crippen MR) is 83.1 cm³/mol. The Balaban J connectivity index is 1.82. The molecular formula is C17H23NO3. The van der Waals surface area contributed by atoms with E-state index in [2.05, 4.69) is 5.32 Å². The van der Waals surface area contributed by atoms with E-state index in [1.807, 2.05) is 32.0 Å². The number of hydrogen-bond donors (Lipinski definition) is 2. The van der Waals surface area contributed by atoms with E-state index in [-0.39, 0.29) is 5.91 Å². The molecule has 1 aliphatic heterocycles. The van der Waals surface area contributed by atoms with E-state index in [0.29, 0.717) is 18.9 Å². The minimum Gasteiger partial charge on any atom is -0.493 e. The Morgan fingerprint density at radius 1 is 1.48 bits per heavy atom. The van der Waals surface area contributed by atoms with E-state index in [9.17, 15) is 9.90 Å². The summed E-state index contributed by atoms with van der Waals surface area (Å²) >= 11 is 0. The van der Waals surface area contributed by atoms with Crippen LogP contribution < -0.4 is 10.1 Å². The third-order valence-corrected chi connectivity index (χ3v) is 3.40. The fraction of sp³-hybridized carbons (Fsp3) is 0.471. The van der Waals surface area contributed by atoms with Crippen LogP contribution in [0.3, 0.4) is 0 Å². The van der Waals surface area contributed by atoms with Crippen molar-refractivity contribution in [3.63, 3.8) is 0 Å². The Morgan fingerprint density at radius 3 is 3.05 bits per heavy atom. The van der Waals surface area contributed by atoms with E-state index in [4.69, 9.17) is 4.74 Å². The fourth-order valence-electron chi connectivity index (χ4n) is 2.39. The van der Waals surface area contributed by atoms with Crippen LogP contribution in [0, 0.1) is 5.92 Å². The lowest BCUT2D eigenvalue weighted by Crippen LogP contribution is -2.31. The van der Waals surface area contributed by atoms with Gasteiger partial charge < -0.3 is 15.2 Å². The zero-order valence-electron chi connectivity index (χ0n) is 12.6. The molecule has 0 fully saturated rings. The third-order valence-electron chi connectivity index (χ3n) is 3.40. The molecule has 1 heterocycles. The van der Waals surface area contributed by atoms with Gasteiger partial charge in [-0.25, -0.2) is 0 Å². The molecule has 21 heavy (non-hydrogen) atoms. The molecule has 0 aromatic heterocycles. The number of carbonyl (C=O) groups excluding carboxylic acids is 1. The van der Waals surface area contributed by atoms with Crippen molar-refractivity contribution in [3.05, 3.63) is 35.4 Å². The molecular weight excluding hydrogens is 266 g/mol. The summed E-state index contributed by atoms with van der Waals surface area (Å²) in [5.74, 6) is 1.17. The molecule has 0 aliphatic carbocycles. The Kier molecular flexibility index (Phi) is 5.39. The monoisotopic (exact) mass is 289 g/mol. The van der Waals surface area contributed by atoms with Gasteiger partial charge in [0.2, 0.25) is 5.91 Å². The van der Waals surface area contributed by atoms with E-state index < -0.39 is 6.10 Å². The minimum absolute atomic E-state index is 0.186. The van der Waals surface area contributed by atoms with E-state index >= 15 is 0 Å². The lowest BCUT2D eigenvalue weighted by atomic mass is 10.1. The predicted octanol–water partition coefficient (Wildman–Crippen LogP) is 2.16. The number of fused-ring (bicyclic) bond motifs is 1. The molecule has 1 amide bonds. The Morgan fingerprint density at radius 2 is 2.29 bits per heavy atom. The van der Waals surface area contributed by atoms with Crippen molar-refractivity contribution in [2.24, 2.45) is 5.92 Å². The number of amides is 1. The Bertz CT molecular complexity index is 523. The van der Waals surface area contributed by atoms with Crippen LogP contribution in [-0.4, -0.2) is 30.3 Å².